The lowest BCUT2D eigenvalue weighted by Gasteiger charge is -2.26. The van der Waals surface area contributed by atoms with Crippen LogP contribution in [0.25, 0.3) is 0 Å². The van der Waals surface area contributed by atoms with E-state index in [1.54, 1.807) is 35.0 Å². The van der Waals surface area contributed by atoms with Crippen molar-refractivity contribution >= 4 is 21.8 Å². The second kappa shape index (κ2) is 8.73. The Kier molecular flexibility index (Phi) is 5.86. The second-order valence-electron chi connectivity index (χ2n) is 7.46. The van der Waals surface area contributed by atoms with E-state index >= 15 is 0 Å². The van der Waals surface area contributed by atoms with Gasteiger partial charge in [0.1, 0.15) is 4.90 Å². The summed E-state index contributed by atoms with van der Waals surface area (Å²) < 4.78 is 28.6. The molecule has 7 heteroatoms. The highest BCUT2D eigenvalue weighted by atomic mass is 32.2. The van der Waals surface area contributed by atoms with Gasteiger partial charge in [-0.15, -0.1) is 4.40 Å². The van der Waals surface area contributed by atoms with E-state index in [-0.39, 0.29) is 17.3 Å². The SMILES string of the molecule is CN(CC(=O)N(Cc1ccccc1)Cc1ccccc1)C1=NS(=O)(=O)c2ccccc21. The quantitative estimate of drug-likeness (QED) is 0.598. The van der Waals surface area contributed by atoms with Gasteiger partial charge in [0.25, 0.3) is 10.0 Å². The van der Waals surface area contributed by atoms with Crippen LogP contribution in [0.4, 0.5) is 0 Å². The van der Waals surface area contributed by atoms with Crippen molar-refractivity contribution in [3.05, 3.63) is 102 Å². The van der Waals surface area contributed by atoms with Gasteiger partial charge in [0, 0.05) is 25.7 Å². The number of fused-ring (bicyclic) bond motifs is 1. The van der Waals surface area contributed by atoms with Gasteiger partial charge in [-0.3, -0.25) is 4.79 Å². The molecule has 31 heavy (non-hydrogen) atoms. The number of hydrogen-bond donors (Lipinski definition) is 0. The number of amides is 1. The lowest BCUT2D eigenvalue weighted by atomic mass is 10.1. The minimum Gasteiger partial charge on any atom is -0.349 e. The van der Waals surface area contributed by atoms with E-state index in [1.807, 2.05) is 60.7 Å². The zero-order valence-electron chi connectivity index (χ0n) is 17.2. The Hall–Kier alpha value is -3.45. The fourth-order valence-electron chi connectivity index (χ4n) is 3.58. The van der Waals surface area contributed by atoms with Crippen LogP contribution in [0.2, 0.25) is 0 Å². The van der Waals surface area contributed by atoms with Crippen LogP contribution >= 0.6 is 0 Å². The van der Waals surface area contributed by atoms with Crippen molar-refractivity contribution in [2.45, 2.75) is 18.0 Å². The van der Waals surface area contributed by atoms with Crippen molar-refractivity contribution in [3.8, 4) is 0 Å². The van der Waals surface area contributed by atoms with Crippen molar-refractivity contribution < 1.29 is 13.2 Å². The first-order chi connectivity index (χ1) is 14.9. The van der Waals surface area contributed by atoms with Gasteiger partial charge in [0.15, 0.2) is 5.84 Å². The first-order valence-electron chi connectivity index (χ1n) is 9.95. The molecule has 0 N–H and O–H groups in total. The predicted octanol–water partition coefficient (Wildman–Crippen LogP) is 3.30. The van der Waals surface area contributed by atoms with Gasteiger partial charge in [-0.05, 0) is 23.3 Å². The first-order valence-corrected chi connectivity index (χ1v) is 11.4. The van der Waals surface area contributed by atoms with Crippen molar-refractivity contribution in [1.29, 1.82) is 0 Å². The Bertz CT molecular complexity index is 1170. The monoisotopic (exact) mass is 433 g/mol. The maximum absolute atomic E-state index is 13.3. The fraction of sp³-hybridized carbons (Fsp3) is 0.167. The molecule has 1 amide bonds. The molecule has 1 heterocycles. The molecule has 0 atom stereocenters. The highest BCUT2D eigenvalue weighted by Gasteiger charge is 2.31. The molecule has 6 nitrogen and oxygen atoms in total. The number of hydrogen-bond acceptors (Lipinski definition) is 4. The largest absolute Gasteiger partial charge is 0.349 e. The number of sulfonamides is 1. The van der Waals surface area contributed by atoms with Crippen LogP contribution in [-0.4, -0.2) is 43.6 Å². The molecule has 158 valence electrons. The highest BCUT2D eigenvalue weighted by Crippen LogP contribution is 2.27. The van der Waals surface area contributed by atoms with E-state index in [4.69, 9.17) is 0 Å². The van der Waals surface area contributed by atoms with Gasteiger partial charge < -0.3 is 9.80 Å². The lowest BCUT2D eigenvalue weighted by Crippen LogP contribution is -2.40. The molecule has 0 saturated heterocycles. The molecule has 0 bridgehead atoms. The molecule has 0 saturated carbocycles. The van der Waals surface area contributed by atoms with Crippen molar-refractivity contribution in [3.63, 3.8) is 0 Å². The molecule has 4 rings (SSSR count). The number of rotatable bonds is 6. The summed E-state index contributed by atoms with van der Waals surface area (Å²) in [5.74, 6) is 0.183. The Morgan fingerprint density at radius 1 is 0.806 bits per heavy atom. The summed E-state index contributed by atoms with van der Waals surface area (Å²) in [6.07, 6.45) is 0. The summed E-state index contributed by atoms with van der Waals surface area (Å²) in [7, 11) is -2.04. The first kappa shape index (κ1) is 20.8. The van der Waals surface area contributed by atoms with Gasteiger partial charge in [-0.1, -0.05) is 72.8 Å². The van der Waals surface area contributed by atoms with Gasteiger partial charge in [-0.25, -0.2) is 0 Å². The average Bonchev–Trinajstić information content (AvgIpc) is 3.06. The molecule has 3 aromatic carbocycles. The van der Waals surface area contributed by atoms with Gasteiger partial charge in [0.2, 0.25) is 5.91 Å². The smallest absolute Gasteiger partial charge is 0.285 e. The average molecular weight is 434 g/mol. The number of likely N-dealkylation sites (N-methyl/N-ethyl adjacent to an activating group) is 1. The van der Waals surface area contributed by atoms with Gasteiger partial charge in [0.05, 0.1) is 6.54 Å². The molecular formula is C24H23N3O3S. The maximum Gasteiger partial charge on any atom is 0.285 e. The Morgan fingerprint density at radius 3 is 1.90 bits per heavy atom. The zero-order chi connectivity index (χ0) is 21.8. The minimum absolute atomic E-state index is 0.0162. The van der Waals surface area contributed by atoms with E-state index in [2.05, 4.69) is 4.40 Å². The Morgan fingerprint density at radius 2 is 1.32 bits per heavy atom. The van der Waals surface area contributed by atoms with E-state index in [9.17, 15) is 13.2 Å². The Labute approximate surface area is 182 Å². The summed E-state index contributed by atoms with van der Waals surface area (Å²) in [6.45, 7) is 0.940. The van der Waals surface area contributed by atoms with E-state index in [0.717, 1.165) is 11.1 Å². The summed E-state index contributed by atoms with van der Waals surface area (Å²) in [4.78, 5) is 16.8. The normalized spacial score (nSPS) is 13.9. The molecule has 3 aromatic rings. The second-order valence-corrected chi connectivity index (χ2v) is 9.04. The number of nitrogens with zero attached hydrogens (tertiary/aromatic N) is 3. The third kappa shape index (κ3) is 4.67. The Balaban J connectivity index is 1.56. The highest BCUT2D eigenvalue weighted by molar-refractivity contribution is 7.90. The van der Waals surface area contributed by atoms with Crippen LogP contribution in [0.15, 0.2) is 94.2 Å². The lowest BCUT2D eigenvalue weighted by molar-refractivity contribution is -0.132. The maximum atomic E-state index is 13.3. The van der Waals surface area contributed by atoms with Crippen LogP contribution in [0.1, 0.15) is 16.7 Å². The topological polar surface area (TPSA) is 70.1 Å². The molecule has 0 fully saturated rings. The summed E-state index contributed by atoms with van der Waals surface area (Å²) in [6, 6.07) is 26.3. The third-order valence-corrected chi connectivity index (χ3v) is 6.46. The summed E-state index contributed by atoms with van der Waals surface area (Å²) in [5, 5.41) is 0. The van der Waals surface area contributed by atoms with Crippen LogP contribution in [0.3, 0.4) is 0 Å². The van der Waals surface area contributed by atoms with Crippen molar-refractivity contribution in [2.75, 3.05) is 13.6 Å². The summed E-state index contributed by atoms with van der Waals surface area (Å²) >= 11 is 0. The number of carbonyl (C=O) groups excluding carboxylic acids is 1. The predicted molar refractivity (Wildman–Crippen MR) is 120 cm³/mol. The molecule has 1 aliphatic rings. The van der Waals surface area contributed by atoms with Crippen molar-refractivity contribution in [2.24, 2.45) is 4.40 Å². The van der Waals surface area contributed by atoms with Crippen LogP contribution in [0.5, 0.6) is 0 Å². The standard InChI is InChI=1S/C24H23N3O3S/c1-26(24-21-14-8-9-15-22(21)31(29,30)25-24)18-23(28)27(16-19-10-4-2-5-11-19)17-20-12-6-3-7-13-20/h2-15H,16-18H2,1H3. The van der Waals surface area contributed by atoms with Crippen LogP contribution in [0, 0.1) is 0 Å². The van der Waals surface area contributed by atoms with Gasteiger partial charge >= 0.3 is 0 Å². The van der Waals surface area contributed by atoms with Crippen molar-refractivity contribution in [1.82, 2.24) is 9.80 Å². The number of carbonyl (C=O) groups is 1. The van der Waals surface area contributed by atoms with Crippen LogP contribution in [-0.2, 0) is 27.9 Å². The number of amidine groups is 1. The molecule has 0 aliphatic carbocycles. The molecule has 0 unspecified atom stereocenters. The summed E-state index contributed by atoms with van der Waals surface area (Å²) in [5.41, 5.74) is 2.58. The fourth-order valence-corrected chi connectivity index (χ4v) is 4.83. The molecule has 0 radical (unpaired) electrons. The molecule has 0 aromatic heterocycles. The molecule has 0 spiro atoms. The molecule has 1 aliphatic heterocycles. The van der Waals surface area contributed by atoms with Crippen LogP contribution < -0.4 is 0 Å². The number of benzene rings is 3. The minimum atomic E-state index is -3.73. The molecular weight excluding hydrogens is 410 g/mol. The zero-order valence-corrected chi connectivity index (χ0v) is 18.0. The van der Waals surface area contributed by atoms with E-state index < -0.39 is 10.0 Å². The van der Waals surface area contributed by atoms with E-state index in [1.165, 1.54) is 6.07 Å². The third-order valence-electron chi connectivity index (χ3n) is 5.13. The van der Waals surface area contributed by atoms with E-state index in [0.29, 0.717) is 24.5 Å². The van der Waals surface area contributed by atoms with Gasteiger partial charge in [-0.2, -0.15) is 8.42 Å².